The Kier molecular flexibility index (Phi) is 7.34. The number of terminal acetylenes is 1. The van der Waals surface area contributed by atoms with Gasteiger partial charge >= 0.3 is 6.01 Å². The van der Waals surface area contributed by atoms with Crippen molar-refractivity contribution in [1.29, 1.82) is 0 Å². The maximum Gasteiger partial charge on any atom is 0.319 e. The number of aromatic hydroxyl groups is 1. The highest BCUT2D eigenvalue weighted by molar-refractivity contribution is 6.04. The molecule has 3 unspecified atom stereocenters. The number of pyridine rings is 1. The first-order valence-corrected chi connectivity index (χ1v) is 17.6. The number of fused-ring (bicyclic) bond motifs is 4. The fraction of sp³-hybridized carbons (Fsp3) is 0.500. The zero-order valence-corrected chi connectivity index (χ0v) is 27.9. The number of methoxy groups -OCH3 is 1. The molecule has 3 atom stereocenters. The molecule has 12 heteroatoms. The lowest BCUT2D eigenvalue weighted by Crippen LogP contribution is -2.51. The molecular formula is C38H39F3N6O3. The van der Waals surface area contributed by atoms with Crippen LogP contribution in [0.15, 0.2) is 24.3 Å². The smallest absolute Gasteiger partial charge is 0.319 e. The standard InChI is InChI=1S/C38H39F3N6O3/c1-3-25-27(39)7-4-21-14-24(48)15-26(29(21)25)32-31(41)33-30(35(43-32)49-2)34(47-17-22-5-6-23(18-47)42-22)45-36(44-33)50-20-37(8-9-37)19-46-12-10-38(11-13-46)16-28(38)40/h1,4,7,14-15,22-23,28,42,48H,5-6,8-13,16-20H2,2H3. The van der Waals surface area contributed by atoms with Gasteiger partial charge in [0.15, 0.2) is 5.82 Å². The summed E-state index contributed by atoms with van der Waals surface area (Å²) in [5.74, 6) is 1.36. The number of alkyl halides is 1. The maximum atomic E-state index is 17.1. The number of anilines is 1. The normalized spacial score (nSPS) is 24.9. The molecule has 0 radical (unpaired) electrons. The summed E-state index contributed by atoms with van der Waals surface area (Å²) in [6.45, 7) is 4.33. The van der Waals surface area contributed by atoms with Crippen LogP contribution >= 0.6 is 0 Å². The monoisotopic (exact) mass is 684 g/mol. The average Bonchev–Trinajstić information content (AvgIpc) is 3.99. The number of rotatable bonds is 8. The Labute approximate surface area is 288 Å². The van der Waals surface area contributed by atoms with Crippen molar-refractivity contribution in [2.45, 2.75) is 63.2 Å². The first kappa shape index (κ1) is 31.6. The van der Waals surface area contributed by atoms with Gasteiger partial charge in [-0.2, -0.15) is 9.97 Å². The Morgan fingerprint density at radius 3 is 2.44 bits per heavy atom. The molecule has 9 rings (SSSR count). The molecule has 2 aliphatic carbocycles. The van der Waals surface area contributed by atoms with E-state index in [1.807, 2.05) is 0 Å². The van der Waals surface area contributed by atoms with Gasteiger partial charge in [-0.15, -0.1) is 6.42 Å². The van der Waals surface area contributed by atoms with Crippen LogP contribution in [-0.4, -0.2) is 89.7 Å². The number of nitrogens with one attached hydrogen (secondary N) is 1. The van der Waals surface area contributed by atoms with Gasteiger partial charge in [-0.05, 0) is 81.6 Å². The first-order valence-electron chi connectivity index (χ1n) is 17.6. The minimum Gasteiger partial charge on any atom is -0.508 e. The molecule has 4 aromatic rings. The number of hydrogen-bond donors (Lipinski definition) is 2. The Hall–Kier alpha value is -4.34. The third-order valence-electron chi connectivity index (χ3n) is 11.8. The number of piperazine rings is 1. The maximum absolute atomic E-state index is 17.1. The van der Waals surface area contributed by atoms with Crippen LogP contribution < -0.4 is 19.7 Å². The Morgan fingerprint density at radius 2 is 1.78 bits per heavy atom. The molecule has 0 amide bonds. The third kappa shape index (κ3) is 5.28. The van der Waals surface area contributed by atoms with Crippen molar-refractivity contribution >= 4 is 27.5 Å². The van der Waals surface area contributed by atoms with E-state index in [-0.39, 0.29) is 68.3 Å². The van der Waals surface area contributed by atoms with Gasteiger partial charge in [0.1, 0.15) is 40.2 Å². The molecule has 260 valence electrons. The van der Waals surface area contributed by atoms with Crippen molar-refractivity contribution < 1.29 is 27.8 Å². The van der Waals surface area contributed by atoms with E-state index in [1.165, 1.54) is 31.4 Å². The predicted molar refractivity (Wildman–Crippen MR) is 183 cm³/mol. The summed E-state index contributed by atoms with van der Waals surface area (Å²) in [7, 11) is 1.45. The van der Waals surface area contributed by atoms with Crippen molar-refractivity contribution in [3.8, 4) is 41.2 Å². The minimum atomic E-state index is -0.791. The Morgan fingerprint density at radius 1 is 1.04 bits per heavy atom. The van der Waals surface area contributed by atoms with E-state index in [1.54, 1.807) is 0 Å². The number of likely N-dealkylation sites (tertiary alicyclic amines) is 1. The summed E-state index contributed by atoms with van der Waals surface area (Å²) in [6.07, 6.45) is 11.6. The minimum absolute atomic E-state index is 0.0507. The molecule has 5 aliphatic rings. The zero-order chi connectivity index (χ0) is 34.4. The van der Waals surface area contributed by atoms with E-state index in [4.69, 9.17) is 20.9 Å². The number of aromatic nitrogens is 3. The number of hydrogen-bond acceptors (Lipinski definition) is 9. The second kappa shape index (κ2) is 11.6. The molecule has 9 nitrogen and oxygen atoms in total. The number of halogens is 3. The van der Waals surface area contributed by atoms with Crippen LogP contribution in [0.4, 0.5) is 19.0 Å². The van der Waals surface area contributed by atoms with Gasteiger partial charge in [-0.1, -0.05) is 12.0 Å². The summed E-state index contributed by atoms with van der Waals surface area (Å²) >= 11 is 0. The second-order valence-corrected chi connectivity index (χ2v) is 15.1. The summed E-state index contributed by atoms with van der Waals surface area (Å²) in [5, 5.41) is 15.3. The molecule has 2 aromatic heterocycles. The number of ether oxygens (including phenoxy) is 2. The van der Waals surface area contributed by atoms with E-state index in [0.717, 1.165) is 58.2 Å². The lowest BCUT2D eigenvalue weighted by atomic mass is 9.92. The number of nitrogens with zero attached hydrogens (tertiary/aromatic N) is 5. The van der Waals surface area contributed by atoms with E-state index in [9.17, 15) is 13.9 Å². The molecule has 3 saturated heterocycles. The largest absolute Gasteiger partial charge is 0.508 e. The van der Waals surface area contributed by atoms with Crippen LogP contribution in [0.5, 0.6) is 17.6 Å². The van der Waals surface area contributed by atoms with Crippen LogP contribution in [0, 0.1) is 34.8 Å². The van der Waals surface area contributed by atoms with E-state index in [0.29, 0.717) is 42.7 Å². The van der Waals surface area contributed by atoms with Crippen molar-refractivity contribution in [3.63, 3.8) is 0 Å². The molecular weight excluding hydrogens is 645 g/mol. The van der Waals surface area contributed by atoms with Crippen LogP contribution in [0.1, 0.15) is 50.5 Å². The second-order valence-electron chi connectivity index (χ2n) is 15.1. The summed E-state index contributed by atoms with van der Waals surface area (Å²) in [6, 6.07) is 6.05. The highest BCUT2D eigenvalue weighted by Crippen LogP contribution is 2.57. The van der Waals surface area contributed by atoms with Crippen molar-refractivity contribution in [2.24, 2.45) is 10.8 Å². The van der Waals surface area contributed by atoms with E-state index < -0.39 is 17.8 Å². The van der Waals surface area contributed by atoms with Gasteiger partial charge < -0.3 is 29.7 Å². The van der Waals surface area contributed by atoms with Crippen molar-refractivity contribution in [2.75, 3.05) is 51.3 Å². The van der Waals surface area contributed by atoms with Gasteiger partial charge in [-0.25, -0.2) is 18.2 Å². The lowest BCUT2D eigenvalue weighted by Gasteiger charge is -2.35. The van der Waals surface area contributed by atoms with Gasteiger partial charge in [0.05, 0.1) is 19.3 Å². The molecule has 3 aliphatic heterocycles. The third-order valence-corrected chi connectivity index (χ3v) is 11.8. The molecule has 2 aromatic carbocycles. The molecule has 2 bridgehead atoms. The van der Waals surface area contributed by atoms with Gasteiger partial charge in [-0.3, -0.25) is 0 Å². The molecule has 50 heavy (non-hydrogen) atoms. The topological polar surface area (TPSA) is 95.9 Å². The van der Waals surface area contributed by atoms with Gasteiger partial charge in [0, 0.05) is 53.5 Å². The molecule has 2 N–H and O–H groups in total. The molecule has 5 fully saturated rings. The lowest BCUT2D eigenvalue weighted by molar-refractivity contribution is 0.107. The predicted octanol–water partition coefficient (Wildman–Crippen LogP) is 5.74. The SMILES string of the molecule is C#Cc1c(F)ccc2cc(O)cc(-c3nc(OC)c4c(N5CC6CCC(C5)N6)nc(OCC5(CN6CCC7(CC6)CC7F)CC5)nc4c3F)c12. The zero-order valence-electron chi connectivity index (χ0n) is 27.9. The molecule has 2 saturated carbocycles. The number of phenolic OH excluding ortho intramolecular Hbond substituents is 1. The van der Waals surface area contributed by atoms with E-state index in [2.05, 4.69) is 31.0 Å². The Bertz CT molecular complexity index is 2060. The van der Waals surface area contributed by atoms with Crippen LogP contribution in [0.25, 0.3) is 32.9 Å². The average molecular weight is 685 g/mol. The van der Waals surface area contributed by atoms with Crippen molar-refractivity contribution in [1.82, 2.24) is 25.2 Å². The quantitative estimate of drug-likeness (QED) is 0.225. The van der Waals surface area contributed by atoms with Crippen LogP contribution in [0.3, 0.4) is 0 Å². The van der Waals surface area contributed by atoms with Gasteiger partial charge in [0.2, 0.25) is 5.88 Å². The van der Waals surface area contributed by atoms with E-state index >= 15 is 4.39 Å². The summed E-state index contributed by atoms with van der Waals surface area (Å²) in [5.41, 5.74) is -0.348. The Balaban J connectivity index is 1.12. The highest BCUT2D eigenvalue weighted by Gasteiger charge is 2.56. The number of piperidine rings is 1. The fourth-order valence-corrected chi connectivity index (χ4v) is 8.63. The van der Waals surface area contributed by atoms with Crippen LogP contribution in [0.2, 0.25) is 0 Å². The fourth-order valence-electron chi connectivity index (χ4n) is 8.63. The van der Waals surface area contributed by atoms with Crippen LogP contribution in [-0.2, 0) is 0 Å². The van der Waals surface area contributed by atoms with Crippen molar-refractivity contribution in [3.05, 3.63) is 41.5 Å². The number of phenols is 1. The molecule has 5 heterocycles. The summed E-state index contributed by atoms with van der Waals surface area (Å²) in [4.78, 5) is 18.7. The highest BCUT2D eigenvalue weighted by atomic mass is 19.1. The summed E-state index contributed by atoms with van der Waals surface area (Å²) < 4.78 is 58.2. The molecule has 1 spiro atoms. The number of benzene rings is 2. The van der Waals surface area contributed by atoms with Gasteiger partial charge in [0.25, 0.3) is 0 Å². The first-order chi connectivity index (χ1) is 24.2.